The third kappa shape index (κ3) is 8.73. The van der Waals surface area contributed by atoms with Gasteiger partial charge in [-0.05, 0) is 117 Å². The van der Waals surface area contributed by atoms with Crippen LogP contribution in [0.2, 0.25) is 0 Å². The summed E-state index contributed by atoms with van der Waals surface area (Å²) < 4.78 is 31.3. The first-order valence-electron chi connectivity index (χ1n) is 18.1. The van der Waals surface area contributed by atoms with E-state index in [0.29, 0.717) is 28.5 Å². The van der Waals surface area contributed by atoms with E-state index in [1.54, 1.807) is 41.1 Å². The monoisotopic (exact) mass is 746 g/mol. The van der Waals surface area contributed by atoms with E-state index in [4.69, 9.17) is 0 Å². The van der Waals surface area contributed by atoms with Gasteiger partial charge in [0.15, 0.2) is 29.4 Å². The lowest BCUT2D eigenvalue weighted by atomic mass is 10.1. The first-order chi connectivity index (χ1) is 26.8. The van der Waals surface area contributed by atoms with Gasteiger partial charge in [0.25, 0.3) is 0 Å². The molecule has 4 heterocycles. The van der Waals surface area contributed by atoms with Gasteiger partial charge in [-0.25, -0.2) is 18.1 Å². The third-order valence-electron chi connectivity index (χ3n) is 9.58. The molecule has 0 amide bonds. The Balaban J connectivity index is 0.000000179. The van der Waals surface area contributed by atoms with Gasteiger partial charge in [0.1, 0.15) is 0 Å². The average Bonchev–Trinajstić information content (AvgIpc) is 4.07. The summed E-state index contributed by atoms with van der Waals surface area (Å²) in [4.78, 5) is 19.6. The molecule has 0 radical (unpaired) electrons. The number of hydrogen-bond acceptors (Lipinski definition) is 9. The van der Waals surface area contributed by atoms with Gasteiger partial charge in [0, 0.05) is 79.9 Å². The van der Waals surface area contributed by atoms with Crippen molar-refractivity contribution in [3.8, 4) is 45.1 Å². The smallest absolute Gasteiger partial charge is 0.166 e. The maximum atomic E-state index is 14.0. The van der Waals surface area contributed by atoms with Crippen LogP contribution in [-0.4, -0.2) is 82.5 Å². The molecule has 2 fully saturated rings. The average molecular weight is 747 g/mol. The SMILES string of the molecule is CN.CN=Cc1cc(-c2cnn(-c3ccc(N4CCCC4)cc3)c2)cc(F)c1O.O=Cc1cc(-c2cnn(-c3ccc(N4CCCC4)cc3)c2)cc(F)c1O. The maximum Gasteiger partial charge on any atom is 0.166 e. The van der Waals surface area contributed by atoms with Crippen molar-refractivity contribution in [2.45, 2.75) is 25.7 Å². The van der Waals surface area contributed by atoms with Gasteiger partial charge in [-0.1, -0.05) is 0 Å². The molecule has 0 aliphatic carbocycles. The van der Waals surface area contributed by atoms with Gasteiger partial charge in [-0.3, -0.25) is 9.79 Å². The predicted octanol–water partition coefficient (Wildman–Crippen LogP) is 7.40. The fourth-order valence-corrected chi connectivity index (χ4v) is 6.71. The van der Waals surface area contributed by atoms with Crippen LogP contribution in [0.4, 0.5) is 20.2 Å². The van der Waals surface area contributed by atoms with E-state index in [1.165, 1.54) is 68.5 Å². The molecule has 8 rings (SSSR count). The van der Waals surface area contributed by atoms with Crippen molar-refractivity contribution in [3.05, 3.63) is 120 Å². The summed E-state index contributed by atoms with van der Waals surface area (Å²) >= 11 is 0. The van der Waals surface area contributed by atoms with Gasteiger partial charge in [-0.2, -0.15) is 10.2 Å². The molecular formula is C42H44F2N8O3. The topological polar surface area (TPSA) is 138 Å². The largest absolute Gasteiger partial charge is 0.504 e. The number of aromatic hydroxyl groups is 2. The standard InChI is InChI=1S/C21H21FN4O.C20H18FN3O2.CH5N/c1-23-12-16-10-15(11-20(22)21(16)27)17-13-24-26(14-17)19-6-4-18(5-7-19)25-8-2-3-9-25;21-19-10-14(9-15(13-25)20(19)26)16-11-22-24(12-16)18-5-3-17(4-6-18)23-7-1-2-8-23;1-2/h4-7,10-14,27H,2-3,8-9H2,1H3;3-6,9-13,26H,1-2,7-8H2;2H2,1H3. The lowest BCUT2D eigenvalue weighted by Gasteiger charge is -2.17. The van der Waals surface area contributed by atoms with E-state index >= 15 is 0 Å². The third-order valence-corrected chi connectivity index (χ3v) is 9.58. The number of nitrogens with zero attached hydrogens (tertiary/aromatic N) is 7. The number of aldehydes is 1. The van der Waals surface area contributed by atoms with Crippen LogP contribution in [0, 0.1) is 11.6 Å². The molecule has 0 unspecified atom stereocenters. The number of carbonyl (C=O) groups is 1. The molecule has 0 spiro atoms. The summed E-state index contributed by atoms with van der Waals surface area (Å²) in [6.45, 7) is 4.41. The van der Waals surface area contributed by atoms with Crippen molar-refractivity contribution in [3.63, 3.8) is 0 Å². The number of carbonyl (C=O) groups excluding carboxylic acids is 1. The molecule has 2 aliphatic rings. The number of anilines is 2. The number of aromatic nitrogens is 4. The molecule has 2 saturated heterocycles. The maximum absolute atomic E-state index is 14.0. The van der Waals surface area contributed by atoms with Crippen molar-refractivity contribution >= 4 is 23.9 Å². The van der Waals surface area contributed by atoms with Crippen LogP contribution < -0.4 is 15.5 Å². The molecule has 284 valence electrons. The first kappa shape index (κ1) is 38.4. The van der Waals surface area contributed by atoms with E-state index < -0.39 is 23.1 Å². The van der Waals surface area contributed by atoms with Crippen molar-refractivity contribution in [2.24, 2.45) is 10.7 Å². The number of phenolic OH excluding ortho intramolecular Hbond substituents is 2. The van der Waals surface area contributed by atoms with E-state index in [9.17, 15) is 23.8 Å². The second kappa shape index (κ2) is 17.7. The zero-order valence-electron chi connectivity index (χ0n) is 30.8. The highest BCUT2D eigenvalue weighted by atomic mass is 19.1. The lowest BCUT2D eigenvalue weighted by molar-refractivity contribution is 0.112. The van der Waals surface area contributed by atoms with Crippen LogP contribution in [0.25, 0.3) is 33.6 Å². The number of aliphatic imine (C=N–C) groups is 1. The number of phenols is 2. The highest BCUT2D eigenvalue weighted by Gasteiger charge is 2.16. The second-order valence-electron chi connectivity index (χ2n) is 13.1. The Morgan fingerprint density at radius 1 is 0.618 bits per heavy atom. The van der Waals surface area contributed by atoms with E-state index in [0.717, 1.165) is 43.1 Å². The van der Waals surface area contributed by atoms with Gasteiger partial charge in [-0.15, -0.1) is 0 Å². The lowest BCUT2D eigenvalue weighted by Crippen LogP contribution is -2.17. The van der Waals surface area contributed by atoms with Gasteiger partial charge < -0.3 is 25.7 Å². The van der Waals surface area contributed by atoms with Gasteiger partial charge in [0.05, 0.1) is 29.3 Å². The first-order valence-corrected chi connectivity index (χ1v) is 18.1. The zero-order valence-corrected chi connectivity index (χ0v) is 30.8. The molecule has 6 aromatic rings. The van der Waals surface area contributed by atoms with E-state index in [1.807, 2.05) is 30.5 Å². The quantitative estimate of drug-likeness (QED) is 0.108. The summed E-state index contributed by atoms with van der Waals surface area (Å²) in [6, 6.07) is 22.1. The molecule has 13 heteroatoms. The Morgan fingerprint density at radius 3 is 1.40 bits per heavy atom. The Labute approximate surface area is 318 Å². The van der Waals surface area contributed by atoms with E-state index in [-0.39, 0.29) is 5.56 Å². The summed E-state index contributed by atoms with van der Waals surface area (Å²) in [5.74, 6) is -2.53. The minimum atomic E-state index is -0.827. The summed E-state index contributed by atoms with van der Waals surface area (Å²) in [5.41, 5.74) is 11.6. The Hall–Kier alpha value is -6.34. The molecule has 2 aliphatic heterocycles. The summed E-state index contributed by atoms with van der Waals surface area (Å²) in [5, 5.41) is 28.1. The minimum absolute atomic E-state index is 0.0808. The van der Waals surface area contributed by atoms with Crippen molar-refractivity contribution in [2.75, 3.05) is 50.1 Å². The van der Waals surface area contributed by atoms with Crippen LogP contribution >= 0.6 is 0 Å². The second-order valence-corrected chi connectivity index (χ2v) is 13.1. The van der Waals surface area contributed by atoms with E-state index in [2.05, 4.69) is 55.0 Å². The van der Waals surface area contributed by atoms with Crippen LogP contribution in [0.3, 0.4) is 0 Å². The van der Waals surface area contributed by atoms with Crippen molar-refractivity contribution in [1.29, 1.82) is 0 Å². The molecule has 55 heavy (non-hydrogen) atoms. The van der Waals surface area contributed by atoms with Crippen molar-refractivity contribution in [1.82, 2.24) is 19.6 Å². The fourth-order valence-electron chi connectivity index (χ4n) is 6.71. The van der Waals surface area contributed by atoms with Crippen LogP contribution in [0.15, 0.2) is 103 Å². The molecule has 11 nitrogen and oxygen atoms in total. The number of benzene rings is 4. The molecule has 0 saturated carbocycles. The Morgan fingerprint density at radius 2 is 1.00 bits per heavy atom. The molecular weight excluding hydrogens is 703 g/mol. The van der Waals surface area contributed by atoms with Crippen LogP contribution in [0.5, 0.6) is 11.5 Å². The van der Waals surface area contributed by atoms with Gasteiger partial charge in [0.2, 0.25) is 0 Å². The highest BCUT2D eigenvalue weighted by molar-refractivity contribution is 5.86. The fraction of sp³-hybridized carbons (Fsp3) is 0.238. The summed E-state index contributed by atoms with van der Waals surface area (Å²) in [6.07, 6.45) is 13.7. The zero-order chi connectivity index (χ0) is 38.9. The molecule has 2 aromatic heterocycles. The molecule has 4 aromatic carbocycles. The number of nitrogens with two attached hydrogens (primary N) is 1. The number of halogens is 2. The minimum Gasteiger partial charge on any atom is -0.504 e. The Bertz CT molecular complexity index is 2240. The molecule has 0 bridgehead atoms. The normalized spacial score (nSPS) is 13.8. The van der Waals surface area contributed by atoms with Crippen LogP contribution in [-0.2, 0) is 0 Å². The van der Waals surface area contributed by atoms with Gasteiger partial charge >= 0.3 is 0 Å². The van der Waals surface area contributed by atoms with Crippen LogP contribution in [0.1, 0.15) is 41.6 Å². The number of hydrogen-bond donors (Lipinski definition) is 3. The highest BCUT2D eigenvalue weighted by Crippen LogP contribution is 2.31. The summed E-state index contributed by atoms with van der Waals surface area (Å²) in [7, 11) is 3.08. The predicted molar refractivity (Wildman–Crippen MR) is 213 cm³/mol. The number of rotatable bonds is 8. The van der Waals surface area contributed by atoms with Crippen molar-refractivity contribution < 1.29 is 23.8 Å². The molecule has 0 atom stereocenters. The molecule has 4 N–H and O–H groups in total. The Kier molecular flexibility index (Phi) is 12.3.